The summed E-state index contributed by atoms with van der Waals surface area (Å²) in [5, 5.41) is 4.10. The summed E-state index contributed by atoms with van der Waals surface area (Å²) >= 11 is 12.1. The Bertz CT molecular complexity index is 967. The van der Waals surface area contributed by atoms with Gasteiger partial charge < -0.3 is 10.1 Å². The van der Waals surface area contributed by atoms with Crippen molar-refractivity contribution in [1.82, 2.24) is 0 Å². The molecule has 0 saturated carbocycles. The molecule has 0 bridgehead atoms. The average molecular weight is 398 g/mol. The molecule has 0 aliphatic carbocycles. The lowest BCUT2D eigenvalue weighted by atomic mass is 10.1. The highest BCUT2D eigenvalue weighted by molar-refractivity contribution is 6.37. The van der Waals surface area contributed by atoms with Crippen LogP contribution in [0.4, 0.5) is 5.69 Å². The number of carbonyl (C=O) groups is 1. The van der Waals surface area contributed by atoms with E-state index in [1.54, 1.807) is 25.3 Å². The number of ketones is 1. The number of hydrogen-bond acceptors (Lipinski definition) is 3. The summed E-state index contributed by atoms with van der Waals surface area (Å²) in [5.41, 5.74) is 2.77. The number of methoxy groups -OCH3 is 1. The predicted octanol–water partition coefficient (Wildman–Crippen LogP) is 6.34. The second-order valence-corrected chi connectivity index (χ2v) is 6.61. The topological polar surface area (TPSA) is 38.3 Å². The molecule has 0 heterocycles. The van der Waals surface area contributed by atoms with Crippen molar-refractivity contribution in [3.63, 3.8) is 0 Å². The first-order chi connectivity index (χ1) is 13.1. The highest BCUT2D eigenvalue weighted by Crippen LogP contribution is 2.25. The van der Waals surface area contributed by atoms with Crippen molar-refractivity contribution >= 4 is 40.4 Å². The van der Waals surface area contributed by atoms with Crippen LogP contribution in [-0.4, -0.2) is 12.9 Å². The van der Waals surface area contributed by atoms with E-state index in [2.05, 4.69) is 5.32 Å². The Kier molecular flexibility index (Phi) is 6.17. The normalized spacial score (nSPS) is 11.1. The number of allylic oxidation sites excluding steroid dienone is 1. The van der Waals surface area contributed by atoms with E-state index in [9.17, 15) is 4.79 Å². The summed E-state index contributed by atoms with van der Waals surface area (Å²) in [6.45, 7) is 0. The molecule has 0 saturated heterocycles. The maximum absolute atomic E-state index is 12.8. The lowest BCUT2D eigenvalue weighted by Crippen LogP contribution is -2.04. The van der Waals surface area contributed by atoms with Crippen molar-refractivity contribution in [3.8, 4) is 5.75 Å². The van der Waals surface area contributed by atoms with Crippen molar-refractivity contribution in [1.29, 1.82) is 0 Å². The van der Waals surface area contributed by atoms with E-state index in [1.165, 1.54) is 6.08 Å². The van der Waals surface area contributed by atoms with Gasteiger partial charge in [-0.05, 0) is 48.0 Å². The molecule has 0 atom stereocenters. The molecule has 0 amide bonds. The molecule has 3 aromatic carbocycles. The van der Waals surface area contributed by atoms with Crippen molar-refractivity contribution in [2.24, 2.45) is 0 Å². The highest BCUT2D eigenvalue weighted by atomic mass is 35.5. The highest BCUT2D eigenvalue weighted by Gasteiger charge is 2.11. The van der Waals surface area contributed by atoms with Gasteiger partial charge in [0.1, 0.15) is 5.75 Å². The number of halogens is 2. The summed E-state index contributed by atoms with van der Waals surface area (Å²) < 4.78 is 5.18. The molecule has 3 rings (SSSR count). The van der Waals surface area contributed by atoms with Crippen LogP contribution >= 0.6 is 23.2 Å². The number of anilines is 1. The minimum atomic E-state index is -0.212. The van der Waals surface area contributed by atoms with E-state index in [1.807, 2.05) is 54.6 Å². The zero-order chi connectivity index (χ0) is 19.2. The van der Waals surface area contributed by atoms with Gasteiger partial charge in [0.15, 0.2) is 5.78 Å². The van der Waals surface area contributed by atoms with Crippen LogP contribution in [0.5, 0.6) is 5.75 Å². The Morgan fingerprint density at radius 3 is 2.30 bits per heavy atom. The van der Waals surface area contributed by atoms with E-state index in [0.717, 1.165) is 17.0 Å². The summed E-state index contributed by atoms with van der Waals surface area (Å²) in [7, 11) is 1.62. The number of nitrogens with one attached hydrogen (secondary N) is 1. The fourth-order valence-corrected chi connectivity index (χ4v) is 3.04. The van der Waals surface area contributed by atoms with Gasteiger partial charge in [0.25, 0.3) is 0 Å². The van der Waals surface area contributed by atoms with Gasteiger partial charge in [0.2, 0.25) is 0 Å². The van der Waals surface area contributed by atoms with Crippen molar-refractivity contribution < 1.29 is 9.53 Å². The minimum absolute atomic E-state index is 0.212. The fourth-order valence-electron chi connectivity index (χ4n) is 2.54. The molecular formula is C22H17Cl2NO2. The molecule has 1 N–H and O–H groups in total. The van der Waals surface area contributed by atoms with E-state index in [-0.39, 0.29) is 5.78 Å². The Hall–Kier alpha value is -2.75. The molecule has 136 valence electrons. The second-order valence-electron chi connectivity index (χ2n) is 5.77. The lowest BCUT2D eigenvalue weighted by molar-refractivity contribution is 0.104. The third kappa shape index (κ3) is 4.91. The molecule has 0 fully saturated rings. The molecule has 0 radical (unpaired) electrons. The van der Waals surface area contributed by atoms with E-state index >= 15 is 0 Å². The van der Waals surface area contributed by atoms with Gasteiger partial charge in [-0.3, -0.25) is 4.79 Å². The van der Waals surface area contributed by atoms with Crippen LogP contribution in [-0.2, 0) is 0 Å². The van der Waals surface area contributed by atoms with Gasteiger partial charge in [-0.2, -0.15) is 0 Å². The number of rotatable bonds is 6. The van der Waals surface area contributed by atoms with Gasteiger partial charge in [0, 0.05) is 28.0 Å². The third-order valence-electron chi connectivity index (χ3n) is 3.93. The molecule has 27 heavy (non-hydrogen) atoms. The standard InChI is InChI=1S/C22H17Cl2NO2/c1-27-18-10-8-17(9-11-18)25-21(15-5-3-2-4-6-15)14-22(26)19-12-7-16(23)13-20(19)24/h2-14,25H,1H3/b21-14+. The molecular weight excluding hydrogens is 381 g/mol. The second kappa shape index (κ2) is 8.76. The Morgan fingerprint density at radius 1 is 0.963 bits per heavy atom. The minimum Gasteiger partial charge on any atom is -0.497 e. The Balaban J connectivity index is 1.96. The first-order valence-electron chi connectivity index (χ1n) is 8.24. The van der Waals surface area contributed by atoms with Crippen LogP contribution in [0.3, 0.4) is 0 Å². The van der Waals surface area contributed by atoms with E-state index in [0.29, 0.717) is 21.3 Å². The number of ether oxygens (including phenoxy) is 1. The molecule has 0 unspecified atom stereocenters. The zero-order valence-corrected chi connectivity index (χ0v) is 16.1. The van der Waals surface area contributed by atoms with Gasteiger partial charge in [-0.15, -0.1) is 0 Å². The van der Waals surface area contributed by atoms with Crippen LogP contribution < -0.4 is 10.1 Å². The van der Waals surface area contributed by atoms with Crippen LogP contribution in [0, 0.1) is 0 Å². The lowest BCUT2D eigenvalue weighted by Gasteiger charge is -2.12. The fraction of sp³-hybridized carbons (Fsp3) is 0.0455. The molecule has 0 aromatic heterocycles. The number of benzene rings is 3. The first-order valence-corrected chi connectivity index (χ1v) is 9.00. The van der Waals surface area contributed by atoms with Crippen LogP contribution in [0.15, 0.2) is 78.9 Å². The van der Waals surface area contributed by atoms with Gasteiger partial charge in [-0.25, -0.2) is 0 Å². The number of hydrogen-bond donors (Lipinski definition) is 1. The summed E-state index contributed by atoms with van der Waals surface area (Å²) in [6, 6.07) is 21.9. The SMILES string of the molecule is COc1ccc(N/C(=C/C(=O)c2ccc(Cl)cc2Cl)c2ccccc2)cc1. The first kappa shape index (κ1) is 19.0. The van der Waals surface area contributed by atoms with Crippen LogP contribution in [0.25, 0.3) is 5.70 Å². The zero-order valence-electron chi connectivity index (χ0n) is 14.6. The largest absolute Gasteiger partial charge is 0.497 e. The van der Waals surface area contributed by atoms with Gasteiger partial charge in [0.05, 0.1) is 12.1 Å². The van der Waals surface area contributed by atoms with Crippen LogP contribution in [0.1, 0.15) is 15.9 Å². The van der Waals surface area contributed by atoms with Crippen LogP contribution in [0.2, 0.25) is 10.0 Å². The summed E-state index contributed by atoms with van der Waals surface area (Å²) in [5.74, 6) is 0.548. The molecule has 0 aliphatic heterocycles. The molecule has 0 aliphatic rings. The van der Waals surface area contributed by atoms with Gasteiger partial charge in [-0.1, -0.05) is 53.5 Å². The third-order valence-corrected chi connectivity index (χ3v) is 4.47. The smallest absolute Gasteiger partial charge is 0.189 e. The summed E-state index contributed by atoms with van der Waals surface area (Å²) in [4.78, 5) is 12.8. The quantitative estimate of drug-likeness (QED) is 0.389. The molecule has 3 nitrogen and oxygen atoms in total. The Labute approximate surface area is 168 Å². The van der Waals surface area contributed by atoms with Crippen molar-refractivity contribution in [2.45, 2.75) is 0 Å². The van der Waals surface area contributed by atoms with E-state index < -0.39 is 0 Å². The summed E-state index contributed by atoms with van der Waals surface area (Å²) in [6.07, 6.45) is 1.54. The van der Waals surface area contributed by atoms with E-state index in [4.69, 9.17) is 27.9 Å². The Morgan fingerprint density at radius 2 is 1.67 bits per heavy atom. The van der Waals surface area contributed by atoms with Crippen molar-refractivity contribution in [3.05, 3.63) is 100 Å². The molecule has 5 heteroatoms. The monoisotopic (exact) mass is 397 g/mol. The van der Waals surface area contributed by atoms with Gasteiger partial charge >= 0.3 is 0 Å². The predicted molar refractivity (Wildman–Crippen MR) is 112 cm³/mol. The maximum Gasteiger partial charge on any atom is 0.189 e. The molecule has 3 aromatic rings. The maximum atomic E-state index is 12.8. The molecule has 0 spiro atoms. The number of carbonyl (C=O) groups excluding carboxylic acids is 1. The average Bonchev–Trinajstić information content (AvgIpc) is 2.68. The van der Waals surface area contributed by atoms with Crippen molar-refractivity contribution in [2.75, 3.05) is 12.4 Å².